The lowest BCUT2D eigenvalue weighted by Gasteiger charge is -2.32. The van der Waals surface area contributed by atoms with Crippen LogP contribution in [-0.2, 0) is 6.54 Å². The maximum atomic E-state index is 12.7. The summed E-state index contributed by atoms with van der Waals surface area (Å²) in [5, 5.41) is 14.7. The zero-order chi connectivity index (χ0) is 21.6. The monoisotopic (exact) mass is 415 g/mol. The van der Waals surface area contributed by atoms with Gasteiger partial charge in [-0.05, 0) is 48.1 Å². The third-order valence-corrected chi connectivity index (χ3v) is 5.82. The highest BCUT2D eigenvalue weighted by Crippen LogP contribution is 2.34. The van der Waals surface area contributed by atoms with Gasteiger partial charge < -0.3 is 10.2 Å². The van der Waals surface area contributed by atoms with E-state index >= 15 is 0 Å². The number of likely N-dealkylation sites (tertiary alicyclic amines) is 1. The molecule has 0 bridgehead atoms. The van der Waals surface area contributed by atoms with E-state index in [-0.39, 0.29) is 22.4 Å². The van der Waals surface area contributed by atoms with Crippen molar-refractivity contribution in [3.05, 3.63) is 106 Å². The smallest absolute Gasteiger partial charge is 0.292 e. The number of anilines is 1. The van der Waals surface area contributed by atoms with Crippen LogP contribution in [0, 0.1) is 10.1 Å². The van der Waals surface area contributed by atoms with Crippen LogP contribution in [-0.4, -0.2) is 28.8 Å². The Morgan fingerprint density at radius 2 is 1.61 bits per heavy atom. The van der Waals surface area contributed by atoms with E-state index in [1.54, 1.807) is 6.07 Å². The summed E-state index contributed by atoms with van der Waals surface area (Å²) in [5.74, 6) is 0.339. The predicted octanol–water partition coefficient (Wildman–Crippen LogP) is 5.23. The van der Waals surface area contributed by atoms with Crippen molar-refractivity contribution in [3.63, 3.8) is 0 Å². The molecule has 3 aromatic carbocycles. The molecule has 0 spiro atoms. The largest absolute Gasteiger partial charge is 0.375 e. The summed E-state index contributed by atoms with van der Waals surface area (Å²) in [7, 11) is 0. The molecule has 6 heteroatoms. The molecule has 0 aromatic heterocycles. The molecule has 3 aromatic rings. The van der Waals surface area contributed by atoms with Crippen molar-refractivity contribution in [1.82, 2.24) is 4.90 Å². The van der Waals surface area contributed by atoms with E-state index in [0.717, 1.165) is 24.0 Å². The van der Waals surface area contributed by atoms with Crippen molar-refractivity contribution in [3.8, 4) is 0 Å². The maximum absolute atomic E-state index is 12.7. The van der Waals surface area contributed by atoms with Gasteiger partial charge in [-0.15, -0.1) is 0 Å². The minimum absolute atomic E-state index is 0.0629. The number of carbonyl (C=O) groups is 1. The minimum atomic E-state index is -0.349. The molecular weight excluding hydrogens is 390 g/mol. The number of benzene rings is 3. The molecule has 0 aliphatic carbocycles. The number of amides is 1. The van der Waals surface area contributed by atoms with Crippen LogP contribution in [0.25, 0.3) is 0 Å². The Morgan fingerprint density at radius 3 is 2.26 bits per heavy atom. The highest BCUT2D eigenvalue weighted by atomic mass is 16.6. The Morgan fingerprint density at radius 1 is 0.968 bits per heavy atom. The number of nitrogens with one attached hydrogen (secondary N) is 1. The van der Waals surface area contributed by atoms with Crippen molar-refractivity contribution >= 4 is 17.3 Å². The fourth-order valence-electron chi connectivity index (χ4n) is 4.08. The quantitative estimate of drug-likeness (QED) is 0.442. The van der Waals surface area contributed by atoms with Gasteiger partial charge in [0.25, 0.3) is 11.6 Å². The first kappa shape index (κ1) is 20.6. The Bertz CT molecular complexity index is 1050. The lowest BCUT2D eigenvalue weighted by atomic mass is 9.88. The lowest BCUT2D eigenvalue weighted by Crippen LogP contribution is -2.37. The normalized spacial score (nSPS) is 14.3. The molecule has 0 unspecified atom stereocenters. The van der Waals surface area contributed by atoms with Gasteiger partial charge in [-0.1, -0.05) is 54.6 Å². The minimum Gasteiger partial charge on any atom is -0.375 e. The Labute approximate surface area is 181 Å². The number of hydrogen-bond donors (Lipinski definition) is 1. The van der Waals surface area contributed by atoms with Gasteiger partial charge >= 0.3 is 0 Å². The number of nitro groups is 1. The van der Waals surface area contributed by atoms with Crippen LogP contribution in [0.2, 0.25) is 0 Å². The highest BCUT2D eigenvalue weighted by Gasteiger charge is 2.26. The van der Waals surface area contributed by atoms with Crippen LogP contribution >= 0.6 is 0 Å². The molecule has 1 N–H and O–H groups in total. The van der Waals surface area contributed by atoms with E-state index in [4.69, 9.17) is 0 Å². The molecular formula is C25H25N3O3. The Balaban J connectivity index is 1.45. The van der Waals surface area contributed by atoms with Crippen LogP contribution in [0.5, 0.6) is 0 Å². The number of nitrogens with zero attached hydrogens (tertiary/aromatic N) is 2. The lowest BCUT2D eigenvalue weighted by molar-refractivity contribution is -0.384. The molecule has 0 atom stereocenters. The van der Waals surface area contributed by atoms with E-state index in [9.17, 15) is 14.9 Å². The Kier molecular flexibility index (Phi) is 6.26. The molecule has 158 valence electrons. The van der Waals surface area contributed by atoms with E-state index in [1.165, 1.54) is 0 Å². The third kappa shape index (κ3) is 4.91. The third-order valence-electron chi connectivity index (χ3n) is 5.82. The van der Waals surface area contributed by atoms with Crippen molar-refractivity contribution in [1.29, 1.82) is 0 Å². The van der Waals surface area contributed by atoms with Gasteiger partial charge in [0.15, 0.2) is 0 Å². The molecule has 6 nitrogen and oxygen atoms in total. The van der Waals surface area contributed by atoms with Crippen LogP contribution < -0.4 is 5.32 Å². The molecule has 0 saturated carbocycles. The molecule has 0 radical (unpaired) electrons. The number of carbonyl (C=O) groups excluding carboxylic acids is 1. The fraction of sp³-hybridized carbons (Fsp3) is 0.240. The molecule has 1 heterocycles. The number of hydrogen-bond acceptors (Lipinski definition) is 4. The van der Waals surface area contributed by atoms with Crippen LogP contribution in [0.4, 0.5) is 11.4 Å². The van der Waals surface area contributed by atoms with Gasteiger partial charge in [0.05, 0.1) is 4.92 Å². The van der Waals surface area contributed by atoms with Gasteiger partial charge in [0.1, 0.15) is 5.69 Å². The molecule has 1 amide bonds. The topological polar surface area (TPSA) is 75.5 Å². The first-order valence-corrected chi connectivity index (χ1v) is 10.5. The fourth-order valence-corrected chi connectivity index (χ4v) is 4.08. The first-order chi connectivity index (χ1) is 15.1. The summed E-state index contributed by atoms with van der Waals surface area (Å²) < 4.78 is 0. The van der Waals surface area contributed by atoms with Crippen LogP contribution in [0.15, 0.2) is 78.9 Å². The molecule has 1 fully saturated rings. The number of piperidine rings is 1. The van der Waals surface area contributed by atoms with E-state index in [0.29, 0.717) is 30.9 Å². The summed E-state index contributed by atoms with van der Waals surface area (Å²) in [4.78, 5) is 25.7. The SMILES string of the molecule is O=C(c1ccccc1)N1CCC(c2ccc([N+](=O)[O-])c(NCc3ccccc3)c2)CC1. The summed E-state index contributed by atoms with van der Waals surface area (Å²) in [6.45, 7) is 1.89. The molecule has 1 aliphatic rings. The summed E-state index contributed by atoms with van der Waals surface area (Å²) in [6, 6.07) is 24.5. The molecule has 1 aliphatic heterocycles. The van der Waals surface area contributed by atoms with Gasteiger partial charge in [0.2, 0.25) is 0 Å². The number of rotatable bonds is 6. The van der Waals surface area contributed by atoms with Gasteiger partial charge in [-0.3, -0.25) is 14.9 Å². The van der Waals surface area contributed by atoms with Crippen LogP contribution in [0.3, 0.4) is 0 Å². The second-order valence-electron chi connectivity index (χ2n) is 7.81. The maximum Gasteiger partial charge on any atom is 0.292 e. The molecule has 31 heavy (non-hydrogen) atoms. The Hall–Kier alpha value is -3.67. The summed E-state index contributed by atoms with van der Waals surface area (Å²) in [5.41, 5.74) is 3.47. The molecule has 1 saturated heterocycles. The van der Waals surface area contributed by atoms with Gasteiger partial charge in [-0.2, -0.15) is 0 Å². The van der Waals surface area contributed by atoms with Gasteiger partial charge in [-0.25, -0.2) is 0 Å². The number of nitro benzene ring substituents is 1. The van der Waals surface area contributed by atoms with Crippen molar-refractivity contribution in [2.45, 2.75) is 25.3 Å². The second kappa shape index (κ2) is 9.43. The van der Waals surface area contributed by atoms with E-state index < -0.39 is 0 Å². The van der Waals surface area contributed by atoms with Crippen molar-refractivity contribution < 1.29 is 9.72 Å². The van der Waals surface area contributed by atoms with Crippen molar-refractivity contribution in [2.24, 2.45) is 0 Å². The van der Waals surface area contributed by atoms with Gasteiger partial charge in [0, 0.05) is 31.3 Å². The average Bonchev–Trinajstić information content (AvgIpc) is 2.83. The van der Waals surface area contributed by atoms with E-state index in [2.05, 4.69) is 5.32 Å². The van der Waals surface area contributed by atoms with E-state index in [1.807, 2.05) is 77.7 Å². The summed E-state index contributed by atoms with van der Waals surface area (Å²) in [6.07, 6.45) is 1.68. The average molecular weight is 415 g/mol. The van der Waals surface area contributed by atoms with Crippen LogP contribution in [0.1, 0.15) is 40.2 Å². The highest BCUT2D eigenvalue weighted by molar-refractivity contribution is 5.94. The van der Waals surface area contributed by atoms with Crippen molar-refractivity contribution in [2.75, 3.05) is 18.4 Å². The predicted molar refractivity (Wildman–Crippen MR) is 121 cm³/mol. The zero-order valence-electron chi connectivity index (χ0n) is 17.2. The second-order valence-corrected chi connectivity index (χ2v) is 7.81. The summed E-state index contributed by atoms with van der Waals surface area (Å²) >= 11 is 0. The zero-order valence-corrected chi connectivity index (χ0v) is 17.2. The molecule has 4 rings (SSSR count). The first-order valence-electron chi connectivity index (χ1n) is 10.5. The standard InChI is InChI=1S/C25H25N3O3/c29-25(21-9-5-2-6-10-21)27-15-13-20(14-16-27)22-11-12-24(28(30)31)23(17-22)26-18-19-7-3-1-4-8-19/h1-12,17,20,26H,13-16,18H2.